The van der Waals surface area contributed by atoms with Gasteiger partial charge in [-0.15, -0.1) is 0 Å². The maximum Gasteiger partial charge on any atom is 0.329 e. The molecule has 4 amide bonds. The minimum atomic E-state index is -1.00. The minimum Gasteiger partial charge on any atom is -0.352 e. The molecule has 140 valence electrons. The van der Waals surface area contributed by atoms with Gasteiger partial charge in [-0.25, -0.2) is 18.5 Å². The van der Waals surface area contributed by atoms with E-state index in [0.29, 0.717) is 17.5 Å². The lowest BCUT2D eigenvalue weighted by molar-refractivity contribution is -0.122. The third-order valence-corrected chi connectivity index (χ3v) is 4.49. The van der Waals surface area contributed by atoms with E-state index >= 15 is 0 Å². The fourth-order valence-corrected chi connectivity index (χ4v) is 3.17. The molecule has 2 fully saturated rings. The number of benzene rings is 1. The molecular weight excluding hydrogens is 346 g/mol. The summed E-state index contributed by atoms with van der Waals surface area (Å²) in [6.45, 7) is 1.65. The first-order valence-corrected chi connectivity index (χ1v) is 8.55. The summed E-state index contributed by atoms with van der Waals surface area (Å²) in [6.07, 6.45) is 2.05. The number of nitrogens with zero attached hydrogens (tertiary/aromatic N) is 1. The predicted octanol–water partition coefficient (Wildman–Crippen LogP) is 1.04. The first kappa shape index (κ1) is 18.2. The first-order chi connectivity index (χ1) is 12.5. The molecule has 3 rings (SSSR count). The topological polar surface area (TPSA) is 90.5 Å². The Morgan fingerprint density at radius 3 is 2.81 bits per heavy atom. The highest BCUT2D eigenvalue weighted by atomic mass is 19.1. The number of hydrogen-bond donors (Lipinski definition) is 3. The largest absolute Gasteiger partial charge is 0.352 e. The lowest BCUT2D eigenvalue weighted by atomic mass is 10.1. The molecule has 9 heteroatoms. The SMILES string of the molecule is O=C(CCC1NC(=O)N(c2ccc(F)cc2F)C1=O)N[C@H]1CCCNC1. The lowest BCUT2D eigenvalue weighted by Gasteiger charge is -2.23. The molecule has 0 aliphatic carbocycles. The highest BCUT2D eigenvalue weighted by Crippen LogP contribution is 2.25. The normalized spacial score (nSPS) is 23.1. The van der Waals surface area contributed by atoms with Crippen LogP contribution in [0, 0.1) is 11.6 Å². The number of nitrogens with one attached hydrogen (secondary N) is 3. The number of amides is 4. The van der Waals surface area contributed by atoms with Gasteiger partial charge in [0.15, 0.2) is 0 Å². The zero-order valence-electron chi connectivity index (χ0n) is 14.1. The Labute approximate surface area is 149 Å². The number of urea groups is 1. The Bertz CT molecular complexity index is 722. The summed E-state index contributed by atoms with van der Waals surface area (Å²) in [5.41, 5.74) is -0.311. The highest BCUT2D eigenvalue weighted by Gasteiger charge is 2.40. The summed E-state index contributed by atoms with van der Waals surface area (Å²) < 4.78 is 26.9. The number of halogens is 2. The van der Waals surface area contributed by atoms with E-state index in [1.807, 2.05) is 0 Å². The molecular formula is C17H20F2N4O3. The van der Waals surface area contributed by atoms with Crippen LogP contribution in [-0.4, -0.2) is 43.0 Å². The Hall–Kier alpha value is -2.55. The molecule has 26 heavy (non-hydrogen) atoms. The van der Waals surface area contributed by atoms with E-state index in [1.165, 1.54) is 0 Å². The summed E-state index contributed by atoms with van der Waals surface area (Å²) in [4.78, 5) is 37.1. The minimum absolute atomic E-state index is 0.0624. The van der Waals surface area contributed by atoms with E-state index in [9.17, 15) is 23.2 Å². The summed E-state index contributed by atoms with van der Waals surface area (Å²) >= 11 is 0. The van der Waals surface area contributed by atoms with Crippen LogP contribution in [0.3, 0.4) is 0 Å². The maximum atomic E-state index is 13.9. The van der Waals surface area contributed by atoms with Crippen LogP contribution in [0.2, 0.25) is 0 Å². The average Bonchev–Trinajstić information content (AvgIpc) is 2.88. The van der Waals surface area contributed by atoms with Gasteiger partial charge >= 0.3 is 6.03 Å². The molecule has 0 spiro atoms. The summed E-state index contributed by atoms with van der Waals surface area (Å²) in [5, 5.41) is 8.51. The smallest absolute Gasteiger partial charge is 0.329 e. The van der Waals surface area contributed by atoms with Crippen molar-refractivity contribution >= 4 is 23.5 Å². The quantitative estimate of drug-likeness (QED) is 0.679. The Kier molecular flexibility index (Phi) is 5.46. The van der Waals surface area contributed by atoms with Gasteiger partial charge in [-0.05, 0) is 37.9 Å². The number of hydrogen-bond acceptors (Lipinski definition) is 4. The molecule has 1 unspecified atom stereocenters. The van der Waals surface area contributed by atoms with Crippen LogP contribution >= 0.6 is 0 Å². The monoisotopic (exact) mass is 366 g/mol. The molecule has 0 saturated carbocycles. The number of rotatable bonds is 5. The zero-order chi connectivity index (χ0) is 18.7. The van der Waals surface area contributed by atoms with Crippen molar-refractivity contribution in [1.29, 1.82) is 0 Å². The number of piperidine rings is 1. The molecule has 0 radical (unpaired) electrons. The van der Waals surface area contributed by atoms with Gasteiger partial charge in [0.2, 0.25) is 5.91 Å². The number of carbonyl (C=O) groups excluding carboxylic acids is 3. The van der Waals surface area contributed by atoms with Crippen molar-refractivity contribution in [2.24, 2.45) is 0 Å². The van der Waals surface area contributed by atoms with Crippen molar-refractivity contribution in [3.05, 3.63) is 29.8 Å². The van der Waals surface area contributed by atoms with Crippen LogP contribution in [0.25, 0.3) is 0 Å². The second-order valence-corrected chi connectivity index (χ2v) is 6.42. The predicted molar refractivity (Wildman–Crippen MR) is 89.4 cm³/mol. The second-order valence-electron chi connectivity index (χ2n) is 6.42. The van der Waals surface area contributed by atoms with E-state index in [4.69, 9.17) is 0 Å². The van der Waals surface area contributed by atoms with E-state index < -0.39 is 29.6 Å². The van der Waals surface area contributed by atoms with Crippen molar-refractivity contribution < 1.29 is 23.2 Å². The molecule has 7 nitrogen and oxygen atoms in total. The summed E-state index contributed by atoms with van der Waals surface area (Å²) in [6, 6.07) is 0.972. The molecule has 2 saturated heterocycles. The molecule has 2 aliphatic rings. The van der Waals surface area contributed by atoms with E-state index in [0.717, 1.165) is 31.5 Å². The van der Waals surface area contributed by atoms with Crippen LogP contribution in [-0.2, 0) is 9.59 Å². The lowest BCUT2D eigenvalue weighted by Crippen LogP contribution is -2.46. The number of imide groups is 1. The van der Waals surface area contributed by atoms with Gasteiger partial charge in [-0.2, -0.15) is 0 Å². The highest BCUT2D eigenvalue weighted by molar-refractivity contribution is 6.21. The Morgan fingerprint density at radius 2 is 2.12 bits per heavy atom. The van der Waals surface area contributed by atoms with Crippen molar-refractivity contribution in [2.75, 3.05) is 18.0 Å². The van der Waals surface area contributed by atoms with Crippen LogP contribution < -0.4 is 20.9 Å². The van der Waals surface area contributed by atoms with Gasteiger partial charge in [0.05, 0.1) is 5.69 Å². The molecule has 1 aromatic rings. The van der Waals surface area contributed by atoms with Crippen molar-refractivity contribution in [2.45, 2.75) is 37.8 Å². The second kappa shape index (κ2) is 7.77. The number of carbonyl (C=O) groups is 3. The number of anilines is 1. The fourth-order valence-electron chi connectivity index (χ4n) is 3.17. The summed E-state index contributed by atoms with van der Waals surface area (Å²) in [5.74, 6) is -2.67. The van der Waals surface area contributed by atoms with Crippen LogP contribution in [0.1, 0.15) is 25.7 Å². The van der Waals surface area contributed by atoms with Gasteiger partial charge in [-0.1, -0.05) is 0 Å². The van der Waals surface area contributed by atoms with E-state index in [1.54, 1.807) is 0 Å². The van der Waals surface area contributed by atoms with Gasteiger partial charge in [0.1, 0.15) is 17.7 Å². The maximum absolute atomic E-state index is 13.9. The third kappa shape index (κ3) is 3.98. The van der Waals surface area contributed by atoms with E-state index in [2.05, 4.69) is 16.0 Å². The van der Waals surface area contributed by atoms with Crippen molar-refractivity contribution in [3.63, 3.8) is 0 Å². The van der Waals surface area contributed by atoms with Gasteiger partial charge < -0.3 is 16.0 Å². The molecule has 3 N–H and O–H groups in total. The third-order valence-electron chi connectivity index (χ3n) is 4.49. The Balaban J connectivity index is 1.57. The molecule has 0 aromatic heterocycles. The summed E-state index contributed by atoms with van der Waals surface area (Å²) in [7, 11) is 0. The molecule has 1 aromatic carbocycles. The molecule has 0 bridgehead atoms. The fraction of sp³-hybridized carbons (Fsp3) is 0.471. The van der Waals surface area contributed by atoms with Gasteiger partial charge in [-0.3, -0.25) is 9.59 Å². The van der Waals surface area contributed by atoms with Crippen LogP contribution in [0.5, 0.6) is 0 Å². The van der Waals surface area contributed by atoms with Gasteiger partial charge in [0, 0.05) is 25.1 Å². The van der Waals surface area contributed by atoms with Crippen LogP contribution in [0.15, 0.2) is 18.2 Å². The zero-order valence-corrected chi connectivity index (χ0v) is 14.1. The molecule has 2 aliphatic heterocycles. The van der Waals surface area contributed by atoms with Crippen molar-refractivity contribution in [3.8, 4) is 0 Å². The van der Waals surface area contributed by atoms with Crippen LogP contribution in [0.4, 0.5) is 19.3 Å². The van der Waals surface area contributed by atoms with E-state index in [-0.39, 0.29) is 30.5 Å². The average molecular weight is 366 g/mol. The Morgan fingerprint density at radius 1 is 1.31 bits per heavy atom. The first-order valence-electron chi connectivity index (χ1n) is 8.55. The molecule has 2 atom stereocenters. The molecule has 2 heterocycles. The van der Waals surface area contributed by atoms with Crippen molar-refractivity contribution in [1.82, 2.24) is 16.0 Å². The van der Waals surface area contributed by atoms with Gasteiger partial charge in [0.25, 0.3) is 5.91 Å². The standard InChI is InChI=1S/C17H20F2N4O3/c18-10-3-5-14(12(19)8-10)23-16(25)13(22-17(23)26)4-6-15(24)21-11-2-1-7-20-9-11/h3,5,8,11,13,20H,1-2,4,6-7,9H2,(H,21,24)(H,22,26)/t11-,13?/m0/s1.